The lowest BCUT2D eigenvalue weighted by Gasteiger charge is -2.44. The number of aliphatic imine (C=N–C) groups is 1. The van der Waals surface area contributed by atoms with Crippen molar-refractivity contribution in [2.24, 2.45) is 4.99 Å². The van der Waals surface area contributed by atoms with E-state index in [0.29, 0.717) is 5.84 Å². The van der Waals surface area contributed by atoms with Crippen LogP contribution in [-0.2, 0) is 9.59 Å². The molecule has 0 fully saturated rings. The summed E-state index contributed by atoms with van der Waals surface area (Å²) in [5.74, 6) is -1.35. The fraction of sp³-hybridized carbons (Fsp3) is 0.364. The smallest absolute Gasteiger partial charge is 0.250 e. The van der Waals surface area contributed by atoms with E-state index in [1.54, 1.807) is 18.4 Å². The number of allylic oxidation sites excluding steroid dienone is 2. The van der Waals surface area contributed by atoms with E-state index in [1.165, 1.54) is 11.8 Å². The molecule has 0 saturated carbocycles. The summed E-state index contributed by atoms with van der Waals surface area (Å²) >= 11 is 0. The zero-order valence-corrected chi connectivity index (χ0v) is 9.06. The van der Waals surface area contributed by atoms with E-state index in [1.807, 2.05) is 6.92 Å². The summed E-state index contributed by atoms with van der Waals surface area (Å²) in [5, 5.41) is 11.2. The van der Waals surface area contributed by atoms with Crippen LogP contribution in [0, 0.1) is 0 Å². The van der Waals surface area contributed by atoms with Crippen LogP contribution < -0.4 is 5.11 Å². The lowest BCUT2D eigenvalue weighted by atomic mass is 9.92. The van der Waals surface area contributed by atoms with Gasteiger partial charge in [0.15, 0.2) is 0 Å². The monoisotopic (exact) mass is 219 g/mol. The molecule has 5 nitrogen and oxygen atoms in total. The first-order valence-electron chi connectivity index (χ1n) is 4.92. The molecular weight excluding hydrogens is 208 g/mol. The Balaban J connectivity index is 2.52. The highest BCUT2D eigenvalue weighted by Gasteiger charge is 2.40. The molecule has 2 rings (SSSR count). The van der Waals surface area contributed by atoms with Crippen molar-refractivity contribution in [3.63, 3.8) is 0 Å². The quantitative estimate of drug-likeness (QED) is 0.601. The molecule has 84 valence electrons. The summed E-state index contributed by atoms with van der Waals surface area (Å²) in [6.07, 6.45) is 4.91. The Kier molecular flexibility index (Phi) is 2.18. The van der Waals surface area contributed by atoms with Gasteiger partial charge in [-0.2, -0.15) is 4.99 Å². The summed E-state index contributed by atoms with van der Waals surface area (Å²) in [4.78, 5) is 27.8. The summed E-state index contributed by atoms with van der Waals surface area (Å²) in [5.41, 5.74) is -0.444. The number of rotatable bonds is 1. The Bertz CT molecular complexity index is 462. The van der Waals surface area contributed by atoms with E-state index in [0.717, 1.165) is 5.57 Å². The van der Waals surface area contributed by atoms with Crippen molar-refractivity contribution >= 4 is 17.7 Å². The number of aliphatic carboxylic acids is 1. The standard InChI is InChI=1S/C11H12N2O3/c1-7-3-4-8-12-9(14)5-11(2,10(15)16)13(8)6-7/h3-4,6H,5H2,1-2H3,(H,15,16)/p-1. The van der Waals surface area contributed by atoms with Crippen LogP contribution in [-0.4, -0.2) is 28.2 Å². The number of carboxylic acids is 1. The second-order valence-corrected chi connectivity index (χ2v) is 4.18. The van der Waals surface area contributed by atoms with Crippen LogP contribution >= 0.6 is 0 Å². The van der Waals surface area contributed by atoms with Crippen LogP contribution in [0.2, 0.25) is 0 Å². The molecule has 2 aliphatic rings. The van der Waals surface area contributed by atoms with Gasteiger partial charge in [-0.3, -0.25) is 4.79 Å². The van der Waals surface area contributed by atoms with Gasteiger partial charge in [-0.05, 0) is 25.5 Å². The Labute approximate surface area is 92.8 Å². The van der Waals surface area contributed by atoms with Crippen molar-refractivity contribution in [1.29, 1.82) is 0 Å². The predicted molar refractivity (Wildman–Crippen MR) is 55.2 cm³/mol. The average molecular weight is 219 g/mol. The van der Waals surface area contributed by atoms with E-state index < -0.39 is 17.4 Å². The van der Waals surface area contributed by atoms with Gasteiger partial charge < -0.3 is 14.8 Å². The van der Waals surface area contributed by atoms with E-state index >= 15 is 0 Å². The lowest BCUT2D eigenvalue weighted by molar-refractivity contribution is -0.316. The van der Waals surface area contributed by atoms with Gasteiger partial charge in [0.25, 0.3) is 0 Å². The van der Waals surface area contributed by atoms with Gasteiger partial charge in [0.05, 0.1) is 17.9 Å². The van der Waals surface area contributed by atoms with Crippen LogP contribution in [0.5, 0.6) is 0 Å². The molecule has 0 bridgehead atoms. The maximum Gasteiger partial charge on any atom is 0.250 e. The number of carbonyl (C=O) groups is 2. The van der Waals surface area contributed by atoms with Crippen LogP contribution in [0.25, 0.3) is 0 Å². The summed E-state index contributed by atoms with van der Waals surface area (Å²) in [7, 11) is 0. The van der Waals surface area contributed by atoms with Crippen molar-refractivity contribution in [1.82, 2.24) is 4.90 Å². The van der Waals surface area contributed by atoms with Gasteiger partial charge in [0.2, 0.25) is 5.91 Å². The number of carboxylic acid groups (broad SMARTS) is 1. The molecule has 0 aromatic heterocycles. The highest BCUT2D eigenvalue weighted by molar-refractivity contribution is 6.08. The first-order valence-corrected chi connectivity index (χ1v) is 4.92. The number of amides is 1. The van der Waals surface area contributed by atoms with Crippen LogP contribution in [0.4, 0.5) is 0 Å². The predicted octanol–water partition coefficient (Wildman–Crippen LogP) is -0.401. The largest absolute Gasteiger partial charge is 0.548 e. The van der Waals surface area contributed by atoms with Crippen molar-refractivity contribution < 1.29 is 14.7 Å². The number of fused-ring (bicyclic) bond motifs is 1. The highest BCUT2D eigenvalue weighted by atomic mass is 16.4. The summed E-state index contributed by atoms with van der Waals surface area (Å²) in [6.45, 7) is 3.32. The normalized spacial score (nSPS) is 28.4. The third kappa shape index (κ3) is 1.44. The van der Waals surface area contributed by atoms with Crippen LogP contribution in [0.15, 0.2) is 28.9 Å². The zero-order valence-electron chi connectivity index (χ0n) is 9.06. The first-order chi connectivity index (χ1) is 7.43. The lowest BCUT2D eigenvalue weighted by Crippen LogP contribution is -2.61. The van der Waals surface area contributed by atoms with Gasteiger partial charge in [0, 0.05) is 6.20 Å². The second-order valence-electron chi connectivity index (χ2n) is 4.18. The minimum atomic E-state index is -1.35. The molecule has 1 atom stereocenters. The molecule has 5 heteroatoms. The third-order valence-corrected chi connectivity index (χ3v) is 2.78. The number of nitrogens with zero attached hydrogens (tertiary/aromatic N) is 2. The van der Waals surface area contributed by atoms with Crippen molar-refractivity contribution in [2.45, 2.75) is 25.8 Å². The molecule has 0 N–H and O–H groups in total. The third-order valence-electron chi connectivity index (χ3n) is 2.78. The second kappa shape index (κ2) is 3.30. The van der Waals surface area contributed by atoms with Gasteiger partial charge in [-0.15, -0.1) is 0 Å². The van der Waals surface area contributed by atoms with Gasteiger partial charge in [-0.1, -0.05) is 6.08 Å². The minimum Gasteiger partial charge on any atom is -0.548 e. The SMILES string of the molecule is CC1=CN2C(=NC(=O)CC2(C)C(=O)[O-])C=C1. The molecule has 16 heavy (non-hydrogen) atoms. The Morgan fingerprint density at radius 2 is 2.25 bits per heavy atom. The van der Waals surface area contributed by atoms with E-state index in [4.69, 9.17) is 0 Å². The minimum absolute atomic E-state index is 0.170. The molecule has 2 heterocycles. The van der Waals surface area contributed by atoms with Crippen molar-refractivity contribution in [3.8, 4) is 0 Å². The van der Waals surface area contributed by atoms with E-state index in [-0.39, 0.29) is 6.42 Å². The molecule has 0 spiro atoms. The van der Waals surface area contributed by atoms with Crippen LogP contribution in [0.3, 0.4) is 0 Å². The maximum absolute atomic E-state index is 11.4. The first kappa shape index (κ1) is 10.6. The fourth-order valence-electron chi connectivity index (χ4n) is 1.80. The van der Waals surface area contributed by atoms with E-state index in [2.05, 4.69) is 4.99 Å². The molecule has 2 aliphatic heterocycles. The molecule has 0 aromatic carbocycles. The number of hydrogen-bond acceptors (Lipinski definition) is 4. The van der Waals surface area contributed by atoms with Gasteiger partial charge in [0.1, 0.15) is 5.84 Å². The van der Waals surface area contributed by atoms with Crippen molar-refractivity contribution in [3.05, 3.63) is 23.9 Å². The number of hydrogen-bond donors (Lipinski definition) is 0. The molecular formula is C11H11N2O3-. The van der Waals surface area contributed by atoms with E-state index in [9.17, 15) is 14.7 Å². The number of carbonyl (C=O) groups excluding carboxylic acids is 2. The Morgan fingerprint density at radius 1 is 1.56 bits per heavy atom. The molecule has 1 unspecified atom stereocenters. The van der Waals surface area contributed by atoms with Crippen LogP contribution in [0.1, 0.15) is 20.3 Å². The average Bonchev–Trinajstić information content (AvgIpc) is 2.19. The molecule has 0 saturated heterocycles. The maximum atomic E-state index is 11.4. The summed E-state index contributed by atoms with van der Waals surface area (Å²) < 4.78 is 0. The molecule has 0 radical (unpaired) electrons. The molecule has 0 aliphatic carbocycles. The number of amidine groups is 1. The molecule has 1 amide bonds. The Hall–Kier alpha value is -1.91. The highest BCUT2D eigenvalue weighted by Crippen LogP contribution is 2.28. The van der Waals surface area contributed by atoms with Gasteiger partial charge >= 0.3 is 0 Å². The van der Waals surface area contributed by atoms with Crippen molar-refractivity contribution in [2.75, 3.05) is 0 Å². The molecule has 0 aromatic rings. The summed E-state index contributed by atoms with van der Waals surface area (Å²) in [6, 6.07) is 0. The Morgan fingerprint density at radius 3 is 2.88 bits per heavy atom. The topological polar surface area (TPSA) is 72.8 Å². The van der Waals surface area contributed by atoms with Gasteiger partial charge in [-0.25, -0.2) is 0 Å². The zero-order chi connectivity index (χ0) is 11.9. The fourth-order valence-corrected chi connectivity index (χ4v) is 1.80.